The molecule has 1 aromatic carbocycles. The van der Waals surface area contributed by atoms with Crippen LogP contribution in [0.5, 0.6) is 11.5 Å². The van der Waals surface area contributed by atoms with E-state index in [0.29, 0.717) is 15.6 Å². The van der Waals surface area contributed by atoms with E-state index in [0.717, 1.165) is 0 Å². The molecule has 2 N–H and O–H groups in total. The van der Waals surface area contributed by atoms with Crippen molar-refractivity contribution in [2.75, 3.05) is 20.7 Å². The minimum absolute atomic E-state index is 0.116. The molecule has 0 spiro atoms. The number of aromatic hydroxyl groups is 1. The van der Waals surface area contributed by atoms with Crippen LogP contribution in [0.2, 0.25) is 0 Å². The van der Waals surface area contributed by atoms with Crippen molar-refractivity contribution >= 4 is 21.7 Å². The second-order valence-corrected chi connectivity index (χ2v) is 4.24. The zero-order valence-electron chi connectivity index (χ0n) is 9.43. The van der Waals surface area contributed by atoms with Crippen molar-refractivity contribution < 1.29 is 14.6 Å². The third kappa shape index (κ3) is 2.36. The Balaban J connectivity index is 3.33. The van der Waals surface area contributed by atoms with Crippen molar-refractivity contribution in [3.8, 4) is 11.5 Å². The number of phenols is 1. The molecule has 0 saturated carbocycles. The van der Waals surface area contributed by atoms with E-state index in [1.54, 1.807) is 20.0 Å². The van der Waals surface area contributed by atoms with Crippen LogP contribution in [0.3, 0.4) is 0 Å². The van der Waals surface area contributed by atoms with Crippen LogP contribution in [-0.2, 0) is 0 Å². The van der Waals surface area contributed by atoms with Gasteiger partial charge in [0.15, 0.2) is 17.3 Å². The highest BCUT2D eigenvalue weighted by molar-refractivity contribution is 9.10. The van der Waals surface area contributed by atoms with E-state index in [9.17, 15) is 9.90 Å². The number of rotatable bonds is 4. The van der Waals surface area contributed by atoms with Gasteiger partial charge in [-0.05, 0) is 41.5 Å². The summed E-state index contributed by atoms with van der Waals surface area (Å²) in [6, 6.07) is 1.75. The highest BCUT2D eigenvalue weighted by atomic mass is 79.9. The fourth-order valence-electron chi connectivity index (χ4n) is 1.54. The van der Waals surface area contributed by atoms with Gasteiger partial charge in [-0.1, -0.05) is 0 Å². The van der Waals surface area contributed by atoms with E-state index in [2.05, 4.69) is 21.2 Å². The van der Waals surface area contributed by atoms with Gasteiger partial charge in [0.25, 0.3) is 0 Å². The summed E-state index contributed by atoms with van der Waals surface area (Å²) in [4.78, 5) is 11.8. The maximum Gasteiger partial charge on any atom is 0.180 e. The number of methoxy groups -OCH3 is 1. The third-order valence-corrected chi connectivity index (χ3v) is 2.82. The minimum atomic E-state index is -0.164. The van der Waals surface area contributed by atoms with Crippen molar-refractivity contribution in [1.29, 1.82) is 0 Å². The van der Waals surface area contributed by atoms with Crippen molar-refractivity contribution in [2.24, 2.45) is 0 Å². The van der Waals surface area contributed by atoms with Gasteiger partial charge in [-0.3, -0.25) is 4.79 Å². The van der Waals surface area contributed by atoms with E-state index in [4.69, 9.17) is 4.74 Å². The lowest BCUT2D eigenvalue weighted by atomic mass is 10.0. The number of hydrogen-bond acceptors (Lipinski definition) is 4. The van der Waals surface area contributed by atoms with Crippen LogP contribution >= 0.6 is 15.9 Å². The molecule has 4 nitrogen and oxygen atoms in total. The topological polar surface area (TPSA) is 58.6 Å². The van der Waals surface area contributed by atoms with Crippen LogP contribution in [0.4, 0.5) is 0 Å². The first kappa shape index (κ1) is 13.0. The van der Waals surface area contributed by atoms with E-state index in [1.165, 1.54) is 7.11 Å². The average Bonchev–Trinajstić information content (AvgIpc) is 2.17. The lowest BCUT2D eigenvalue weighted by molar-refractivity contribution is 0.0990. The number of aryl methyl sites for hydroxylation is 1. The fraction of sp³-hybridized carbons (Fsp3) is 0.364. The van der Waals surface area contributed by atoms with Crippen LogP contribution in [0.1, 0.15) is 15.9 Å². The molecule has 1 aromatic rings. The highest BCUT2D eigenvalue weighted by Crippen LogP contribution is 2.39. The SMILES string of the molecule is CNCC(=O)c1c(C)cc(Br)c(OC)c1O. The molecule has 0 aromatic heterocycles. The Labute approximate surface area is 103 Å². The number of carbonyl (C=O) groups excluding carboxylic acids is 1. The summed E-state index contributed by atoms with van der Waals surface area (Å²) in [6.45, 7) is 1.95. The molecule has 0 radical (unpaired) electrons. The Morgan fingerprint density at radius 3 is 2.75 bits per heavy atom. The molecule has 1 rings (SSSR count). The first-order valence-electron chi connectivity index (χ1n) is 4.76. The van der Waals surface area contributed by atoms with Gasteiger partial charge in [0, 0.05) is 0 Å². The summed E-state index contributed by atoms with van der Waals surface area (Å²) in [6.07, 6.45) is 0. The molecular formula is C11H14BrNO3. The van der Waals surface area contributed by atoms with Crippen LogP contribution in [0.15, 0.2) is 10.5 Å². The number of hydrogen-bond donors (Lipinski definition) is 2. The number of likely N-dealkylation sites (N-methyl/N-ethyl adjacent to an activating group) is 1. The van der Waals surface area contributed by atoms with Gasteiger partial charge < -0.3 is 15.2 Å². The molecule has 0 unspecified atom stereocenters. The Morgan fingerprint density at radius 1 is 1.62 bits per heavy atom. The molecule has 5 heteroatoms. The highest BCUT2D eigenvalue weighted by Gasteiger charge is 2.19. The summed E-state index contributed by atoms with van der Waals surface area (Å²) in [5, 5.41) is 12.7. The Morgan fingerprint density at radius 2 is 2.25 bits per heavy atom. The largest absolute Gasteiger partial charge is 0.504 e. The van der Waals surface area contributed by atoms with E-state index in [1.807, 2.05) is 0 Å². The Bertz CT molecular complexity index is 418. The van der Waals surface area contributed by atoms with Gasteiger partial charge in [-0.2, -0.15) is 0 Å². The first-order chi connectivity index (χ1) is 7.52. The number of Topliss-reactive ketones (excluding diaryl/α,β-unsaturated/α-hetero) is 1. The summed E-state index contributed by atoms with van der Waals surface area (Å²) in [5.74, 6) is 0.00276. The predicted octanol–water partition coefficient (Wildman–Crippen LogP) is 1.87. The van der Waals surface area contributed by atoms with E-state index < -0.39 is 0 Å². The molecule has 16 heavy (non-hydrogen) atoms. The van der Waals surface area contributed by atoms with Crippen molar-refractivity contribution in [1.82, 2.24) is 5.32 Å². The first-order valence-corrected chi connectivity index (χ1v) is 5.56. The van der Waals surface area contributed by atoms with Crippen LogP contribution in [-0.4, -0.2) is 31.6 Å². The molecule has 0 aliphatic heterocycles. The summed E-state index contributed by atoms with van der Waals surface area (Å²) < 4.78 is 5.66. The van der Waals surface area contributed by atoms with Gasteiger partial charge in [0.2, 0.25) is 0 Å². The van der Waals surface area contributed by atoms with Crippen molar-refractivity contribution in [2.45, 2.75) is 6.92 Å². The van der Waals surface area contributed by atoms with Gasteiger partial charge in [0.05, 0.1) is 23.7 Å². The third-order valence-electron chi connectivity index (χ3n) is 2.23. The van der Waals surface area contributed by atoms with Gasteiger partial charge in [0.1, 0.15) is 0 Å². The summed E-state index contributed by atoms with van der Waals surface area (Å²) >= 11 is 3.27. The normalized spacial score (nSPS) is 10.2. The second-order valence-electron chi connectivity index (χ2n) is 3.39. The second kappa shape index (κ2) is 5.32. The maximum absolute atomic E-state index is 11.8. The smallest absolute Gasteiger partial charge is 0.180 e. The van der Waals surface area contributed by atoms with Gasteiger partial charge >= 0.3 is 0 Å². The molecule has 0 aliphatic rings. The quantitative estimate of drug-likeness (QED) is 0.830. The lowest BCUT2D eigenvalue weighted by Crippen LogP contribution is -2.19. The number of ether oxygens (including phenoxy) is 1. The van der Waals surface area contributed by atoms with E-state index in [-0.39, 0.29) is 23.8 Å². The number of nitrogens with one attached hydrogen (secondary N) is 1. The molecule has 0 heterocycles. The number of phenolic OH excluding ortho intramolecular Hbond substituents is 1. The number of halogens is 1. The summed E-state index contributed by atoms with van der Waals surface area (Å²) in [7, 11) is 3.13. The van der Waals surface area contributed by atoms with Crippen LogP contribution < -0.4 is 10.1 Å². The fourth-order valence-corrected chi connectivity index (χ4v) is 2.23. The number of ketones is 1. The Hall–Kier alpha value is -1.07. The average molecular weight is 288 g/mol. The minimum Gasteiger partial charge on any atom is -0.504 e. The standard InChI is InChI=1S/C11H14BrNO3/c1-6-4-7(12)11(16-3)10(15)9(6)8(14)5-13-2/h4,13,15H,5H2,1-3H3. The van der Waals surface area contributed by atoms with Crippen LogP contribution in [0, 0.1) is 6.92 Å². The number of benzene rings is 1. The zero-order valence-corrected chi connectivity index (χ0v) is 11.0. The Kier molecular flexibility index (Phi) is 4.32. The van der Waals surface area contributed by atoms with Crippen molar-refractivity contribution in [3.63, 3.8) is 0 Å². The molecule has 88 valence electrons. The lowest BCUT2D eigenvalue weighted by Gasteiger charge is -2.12. The van der Waals surface area contributed by atoms with Gasteiger partial charge in [-0.25, -0.2) is 0 Å². The molecule has 0 aliphatic carbocycles. The van der Waals surface area contributed by atoms with Crippen LogP contribution in [0.25, 0.3) is 0 Å². The molecular weight excluding hydrogens is 274 g/mol. The molecule has 0 atom stereocenters. The monoisotopic (exact) mass is 287 g/mol. The molecule has 0 amide bonds. The molecule has 0 fully saturated rings. The van der Waals surface area contributed by atoms with Gasteiger partial charge in [-0.15, -0.1) is 0 Å². The molecule has 0 bridgehead atoms. The van der Waals surface area contributed by atoms with Crippen molar-refractivity contribution in [3.05, 3.63) is 21.7 Å². The van der Waals surface area contributed by atoms with E-state index >= 15 is 0 Å². The summed E-state index contributed by atoms with van der Waals surface area (Å²) in [5.41, 5.74) is 1.01. The zero-order chi connectivity index (χ0) is 12.3. The maximum atomic E-state index is 11.8. The predicted molar refractivity (Wildman–Crippen MR) is 65.4 cm³/mol. The molecule has 0 saturated heterocycles. The number of carbonyl (C=O) groups is 1.